The number of phenolic OH excluding ortho intramolecular Hbond substituents is 1. The molecule has 6 rings (SSSR count). The number of carbonyl (C=O) groups is 3. The van der Waals surface area contributed by atoms with Crippen LogP contribution < -0.4 is 15.5 Å². The van der Waals surface area contributed by atoms with Gasteiger partial charge in [0.05, 0.1) is 17.4 Å². The number of aromatic nitrogens is 2. The van der Waals surface area contributed by atoms with Crippen LogP contribution in [0.1, 0.15) is 12.8 Å². The minimum absolute atomic E-state index is 0.241. The number of alkyl halides is 9. The monoisotopic (exact) mass is 763 g/mol. The van der Waals surface area contributed by atoms with E-state index in [1.807, 2.05) is 18.2 Å². The van der Waals surface area contributed by atoms with E-state index in [0.717, 1.165) is 55.0 Å². The van der Waals surface area contributed by atoms with Crippen molar-refractivity contribution in [2.75, 3.05) is 62.6 Å². The largest absolute Gasteiger partial charge is 0.507 e. The fraction of sp³-hybridized carbons (Fsp3) is 0.552. The van der Waals surface area contributed by atoms with Gasteiger partial charge in [0.1, 0.15) is 5.75 Å². The number of piperazine rings is 1. The number of aromatic hydroxyl groups is 1. The SMILES string of the molecule is O=C(O)C(F)(F)F.O=C(O)C(F)(F)F.O=C(O)C(F)(F)F.Oc1ccccc1-c1cc2c(nn1)NC[C@H]1CN(C3CN(C4CCNCC4)C3)CCN21. The van der Waals surface area contributed by atoms with Crippen LogP contribution in [0, 0.1) is 0 Å². The Morgan fingerprint density at radius 3 is 1.71 bits per heavy atom. The maximum absolute atomic E-state index is 10.6. The van der Waals surface area contributed by atoms with Gasteiger partial charge in [-0.15, -0.1) is 10.2 Å². The summed E-state index contributed by atoms with van der Waals surface area (Å²) in [5.74, 6) is -7.18. The summed E-state index contributed by atoms with van der Waals surface area (Å²) in [6.07, 6.45) is -12.7. The number of likely N-dealkylation sites (tertiary alicyclic amines) is 1. The number of hydrogen-bond donors (Lipinski definition) is 6. The molecule has 0 bridgehead atoms. The van der Waals surface area contributed by atoms with Crippen molar-refractivity contribution < 1.29 is 74.3 Å². The Morgan fingerprint density at radius 1 is 0.712 bits per heavy atom. The maximum Gasteiger partial charge on any atom is 0.490 e. The Labute approximate surface area is 288 Å². The van der Waals surface area contributed by atoms with Crippen LogP contribution in [0.25, 0.3) is 11.3 Å². The van der Waals surface area contributed by atoms with Crippen molar-refractivity contribution in [3.05, 3.63) is 30.3 Å². The molecular formula is C29H34F9N7O7. The number of hydrogen-bond acceptors (Lipinski definition) is 11. The number of piperidine rings is 1. The van der Waals surface area contributed by atoms with Gasteiger partial charge in [-0.25, -0.2) is 14.4 Å². The van der Waals surface area contributed by atoms with Crippen molar-refractivity contribution in [1.29, 1.82) is 0 Å². The van der Waals surface area contributed by atoms with E-state index in [1.165, 1.54) is 39.0 Å². The first-order valence-corrected chi connectivity index (χ1v) is 15.3. The van der Waals surface area contributed by atoms with E-state index >= 15 is 0 Å². The van der Waals surface area contributed by atoms with Crippen LogP contribution in [0.2, 0.25) is 0 Å². The second-order valence-corrected chi connectivity index (χ2v) is 11.7. The van der Waals surface area contributed by atoms with Gasteiger partial charge in [-0.2, -0.15) is 39.5 Å². The molecule has 0 unspecified atom stereocenters. The van der Waals surface area contributed by atoms with Gasteiger partial charge in [0, 0.05) is 56.9 Å². The third kappa shape index (κ3) is 11.7. The maximum atomic E-state index is 10.6. The molecule has 52 heavy (non-hydrogen) atoms. The number of fused-ring (bicyclic) bond motifs is 3. The van der Waals surface area contributed by atoms with Crippen molar-refractivity contribution in [1.82, 2.24) is 25.3 Å². The normalized spacial score (nSPS) is 19.7. The molecule has 0 aliphatic carbocycles. The van der Waals surface area contributed by atoms with Crippen molar-refractivity contribution in [2.24, 2.45) is 0 Å². The molecule has 290 valence electrons. The van der Waals surface area contributed by atoms with E-state index in [4.69, 9.17) is 29.7 Å². The van der Waals surface area contributed by atoms with Crippen molar-refractivity contribution in [3.63, 3.8) is 0 Å². The molecule has 4 aliphatic heterocycles. The van der Waals surface area contributed by atoms with E-state index < -0.39 is 36.4 Å². The number of rotatable bonds is 3. The first kappa shape index (κ1) is 41.8. The van der Waals surface area contributed by atoms with E-state index in [-0.39, 0.29) is 5.75 Å². The quantitative estimate of drug-likeness (QED) is 0.250. The van der Waals surface area contributed by atoms with Crippen molar-refractivity contribution in [2.45, 2.75) is 49.5 Å². The van der Waals surface area contributed by atoms with Crippen LogP contribution >= 0.6 is 0 Å². The van der Waals surface area contributed by atoms with E-state index in [1.54, 1.807) is 6.07 Å². The second-order valence-electron chi connectivity index (χ2n) is 11.7. The number of anilines is 2. The molecular weight excluding hydrogens is 729 g/mol. The molecule has 0 radical (unpaired) electrons. The standard InChI is InChI=1S/C23H31N7O.3C2HF3O2/c31-22-4-2-1-3-19(22)20-11-21-23(27-26-20)25-12-17-13-28(9-10-30(17)21)18-14-29(15-18)16-5-7-24-8-6-16;3*3-2(4,5)1(6)7/h1-4,11,16-18,24,31H,5-10,12-15H2,(H,25,27);3*(H,6,7)/t17-;;;/m0.../s1. The Kier molecular flexibility index (Phi) is 13.9. The smallest absolute Gasteiger partial charge is 0.490 e. The highest BCUT2D eigenvalue weighted by Crippen LogP contribution is 2.36. The van der Waals surface area contributed by atoms with E-state index in [0.29, 0.717) is 12.1 Å². The number of halogens is 9. The summed E-state index contributed by atoms with van der Waals surface area (Å²) in [6, 6.07) is 11.3. The number of para-hydroxylation sites is 1. The van der Waals surface area contributed by atoms with Gasteiger partial charge in [-0.05, 0) is 44.1 Å². The number of nitrogens with zero attached hydrogens (tertiary/aromatic N) is 5. The predicted octanol–water partition coefficient (Wildman–Crippen LogP) is 3.10. The fourth-order valence-electron chi connectivity index (χ4n) is 5.65. The van der Waals surface area contributed by atoms with Crippen molar-refractivity contribution in [3.8, 4) is 17.0 Å². The molecule has 1 atom stereocenters. The molecule has 6 N–H and O–H groups in total. The highest BCUT2D eigenvalue weighted by molar-refractivity contribution is 5.77. The van der Waals surface area contributed by atoms with Crippen LogP contribution in [0.3, 0.4) is 0 Å². The first-order chi connectivity index (χ1) is 24.1. The zero-order valence-electron chi connectivity index (χ0n) is 26.8. The molecule has 0 saturated carbocycles. The highest BCUT2D eigenvalue weighted by Gasteiger charge is 2.42. The molecule has 2 aromatic rings. The lowest BCUT2D eigenvalue weighted by molar-refractivity contribution is -0.193. The molecule has 0 spiro atoms. The summed E-state index contributed by atoms with van der Waals surface area (Å²) >= 11 is 0. The van der Waals surface area contributed by atoms with Crippen molar-refractivity contribution >= 4 is 29.4 Å². The molecule has 5 heterocycles. The van der Waals surface area contributed by atoms with E-state index in [2.05, 4.69) is 41.6 Å². The fourth-order valence-corrected chi connectivity index (χ4v) is 5.65. The lowest BCUT2D eigenvalue weighted by Gasteiger charge is -2.54. The van der Waals surface area contributed by atoms with Gasteiger partial charge in [-0.3, -0.25) is 9.80 Å². The average Bonchev–Trinajstić information content (AvgIpc) is 3.04. The highest BCUT2D eigenvalue weighted by atomic mass is 19.4. The molecule has 3 fully saturated rings. The summed E-state index contributed by atoms with van der Waals surface area (Å²) < 4.78 is 95.2. The van der Waals surface area contributed by atoms with Gasteiger partial charge in [0.25, 0.3) is 0 Å². The molecule has 1 aromatic carbocycles. The summed E-state index contributed by atoms with van der Waals surface area (Å²) in [4.78, 5) is 34.6. The summed E-state index contributed by atoms with van der Waals surface area (Å²) in [7, 11) is 0. The van der Waals surface area contributed by atoms with Gasteiger partial charge in [0.15, 0.2) is 5.82 Å². The van der Waals surface area contributed by atoms with Gasteiger partial charge in [-0.1, -0.05) is 12.1 Å². The van der Waals surface area contributed by atoms with E-state index in [9.17, 15) is 44.6 Å². The number of carboxylic acids is 3. The zero-order valence-corrected chi connectivity index (χ0v) is 26.8. The molecule has 3 saturated heterocycles. The molecule has 0 amide bonds. The number of benzene rings is 1. The number of aliphatic carboxylic acids is 3. The zero-order chi connectivity index (χ0) is 39.0. The Balaban J connectivity index is 0.000000285. The van der Waals surface area contributed by atoms with Crippen LogP contribution in [0.15, 0.2) is 30.3 Å². The average molecular weight is 764 g/mol. The molecule has 1 aromatic heterocycles. The molecule has 14 nitrogen and oxygen atoms in total. The summed E-state index contributed by atoms with van der Waals surface area (Å²) in [5.41, 5.74) is 2.55. The Morgan fingerprint density at radius 2 is 1.21 bits per heavy atom. The predicted molar refractivity (Wildman–Crippen MR) is 163 cm³/mol. The second kappa shape index (κ2) is 17.3. The third-order valence-corrected chi connectivity index (χ3v) is 8.24. The van der Waals surface area contributed by atoms with Crippen LogP contribution in [-0.4, -0.2) is 147 Å². The minimum atomic E-state index is -5.08. The van der Waals surface area contributed by atoms with Gasteiger partial charge in [0.2, 0.25) is 0 Å². The van der Waals surface area contributed by atoms with Crippen LogP contribution in [0.4, 0.5) is 51.0 Å². The first-order valence-electron chi connectivity index (χ1n) is 15.3. The molecule has 23 heteroatoms. The summed E-state index contributed by atoms with van der Waals surface area (Å²) in [5, 5.41) is 47.4. The summed E-state index contributed by atoms with van der Waals surface area (Å²) in [6.45, 7) is 8.88. The molecule has 4 aliphatic rings. The number of phenols is 1. The lowest BCUT2D eigenvalue weighted by Crippen LogP contribution is -2.68. The number of nitrogens with one attached hydrogen (secondary N) is 2. The Bertz CT molecular complexity index is 1480. The third-order valence-electron chi connectivity index (χ3n) is 8.24. The number of carboxylic acid groups (broad SMARTS) is 3. The van der Waals surface area contributed by atoms with Gasteiger partial charge < -0.3 is 36.0 Å². The lowest BCUT2D eigenvalue weighted by atomic mass is 9.96. The Hall–Kier alpha value is -4.64. The van der Waals surface area contributed by atoms with Crippen LogP contribution in [-0.2, 0) is 14.4 Å². The van der Waals surface area contributed by atoms with Gasteiger partial charge >= 0.3 is 36.4 Å². The van der Waals surface area contributed by atoms with Crippen LogP contribution in [0.5, 0.6) is 5.75 Å². The topological polar surface area (TPSA) is 192 Å². The minimum Gasteiger partial charge on any atom is -0.507 e.